The fourth-order valence-corrected chi connectivity index (χ4v) is 3.15. The molecule has 0 fully saturated rings. The van der Waals surface area contributed by atoms with Crippen molar-refractivity contribution >= 4 is 10.0 Å². The molecule has 0 aliphatic heterocycles. The Hall–Kier alpha value is -1.86. The van der Waals surface area contributed by atoms with E-state index in [1.807, 2.05) is 31.2 Å². The van der Waals surface area contributed by atoms with E-state index in [1.54, 1.807) is 6.92 Å². The Morgan fingerprint density at radius 3 is 2.71 bits per heavy atom. The van der Waals surface area contributed by atoms with E-state index in [4.69, 9.17) is 4.74 Å². The molecule has 21 heavy (non-hydrogen) atoms. The first-order valence-corrected chi connectivity index (χ1v) is 8.01. The summed E-state index contributed by atoms with van der Waals surface area (Å²) in [6, 6.07) is 7.64. The normalized spacial score (nSPS) is 11.8. The van der Waals surface area contributed by atoms with Crippen molar-refractivity contribution in [2.45, 2.75) is 18.7 Å². The summed E-state index contributed by atoms with van der Waals surface area (Å²) in [6.07, 6.45) is 1.32. The van der Waals surface area contributed by atoms with Crippen LogP contribution in [0.3, 0.4) is 0 Å². The number of H-pyrrole nitrogens is 1. The highest BCUT2D eigenvalue weighted by atomic mass is 32.2. The number of sulfonamides is 1. The zero-order valence-corrected chi connectivity index (χ0v) is 13.1. The highest BCUT2D eigenvalue weighted by Gasteiger charge is 2.23. The Morgan fingerprint density at radius 1 is 1.33 bits per heavy atom. The Kier molecular flexibility index (Phi) is 4.64. The molecular formula is C14H19N3O3S. The Labute approximate surface area is 124 Å². The highest BCUT2D eigenvalue weighted by Crippen LogP contribution is 2.16. The fraction of sp³-hybridized carbons (Fsp3) is 0.357. The molecule has 1 N–H and O–H groups in total. The summed E-state index contributed by atoms with van der Waals surface area (Å²) in [4.78, 5) is 0.195. The number of aromatic nitrogens is 2. The van der Waals surface area contributed by atoms with Crippen molar-refractivity contribution < 1.29 is 13.2 Å². The molecule has 2 rings (SSSR count). The number of nitrogens with zero attached hydrogens (tertiary/aromatic N) is 2. The molecule has 1 heterocycles. The lowest BCUT2D eigenvalue weighted by Crippen LogP contribution is -2.31. The summed E-state index contributed by atoms with van der Waals surface area (Å²) in [7, 11) is -2.00. The van der Waals surface area contributed by atoms with Gasteiger partial charge in [0, 0.05) is 13.6 Å². The molecule has 2 aromatic rings. The molecule has 0 aliphatic rings. The van der Waals surface area contributed by atoms with Gasteiger partial charge in [0.15, 0.2) is 0 Å². The third kappa shape index (κ3) is 3.62. The van der Waals surface area contributed by atoms with Crippen molar-refractivity contribution in [3.63, 3.8) is 0 Å². The third-order valence-electron chi connectivity index (χ3n) is 3.14. The zero-order valence-electron chi connectivity index (χ0n) is 12.3. The van der Waals surface area contributed by atoms with Gasteiger partial charge in [-0.1, -0.05) is 12.1 Å². The Balaban J connectivity index is 1.96. The fourth-order valence-electron chi connectivity index (χ4n) is 1.88. The van der Waals surface area contributed by atoms with Gasteiger partial charge in [0.05, 0.1) is 11.9 Å². The summed E-state index contributed by atoms with van der Waals surface area (Å²) in [5, 5.41) is 6.38. The van der Waals surface area contributed by atoms with Gasteiger partial charge in [-0.3, -0.25) is 5.10 Å². The Morgan fingerprint density at radius 2 is 2.10 bits per heavy atom. The summed E-state index contributed by atoms with van der Waals surface area (Å²) in [5.74, 6) is 0.736. The average Bonchev–Trinajstić information content (AvgIpc) is 2.85. The van der Waals surface area contributed by atoms with Gasteiger partial charge < -0.3 is 4.74 Å². The maximum Gasteiger partial charge on any atom is 0.246 e. The van der Waals surface area contributed by atoms with Crippen LogP contribution >= 0.6 is 0 Å². The minimum absolute atomic E-state index is 0.195. The lowest BCUT2D eigenvalue weighted by molar-refractivity contribution is 0.286. The molecule has 1 aromatic heterocycles. The lowest BCUT2D eigenvalue weighted by Gasteiger charge is -2.17. The van der Waals surface area contributed by atoms with Gasteiger partial charge in [-0.2, -0.15) is 9.40 Å². The van der Waals surface area contributed by atoms with E-state index in [2.05, 4.69) is 10.2 Å². The van der Waals surface area contributed by atoms with E-state index in [-0.39, 0.29) is 18.0 Å². The maximum atomic E-state index is 12.3. The van der Waals surface area contributed by atoms with E-state index in [0.29, 0.717) is 5.69 Å². The lowest BCUT2D eigenvalue weighted by atomic mass is 10.2. The van der Waals surface area contributed by atoms with Gasteiger partial charge in [-0.25, -0.2) is 8.42 Å². The van der Waals surface area contributed by atoms with Crippen LogP contribution in [0.1, 0.15) is 11.3 Å². The monoisotopic (exact) mass is 309 g/mol. The molecule has 0 aliphatic carbocycles. The van der Waals surface area contributed by atoms with Crippen LogP contribution in [0.15, 0.2) is 35.4 Å². The van der Waals surface area contributed by atoms with Crippen LogP contribution in [0.5, 0.6) is 5.75 Å². The minimum Gasteiger partial charge on any atom is -0.492 e. The standard InChI is InChI=1S/C14H19N3O3S/c1-11-5-4-6-13(9-11)20-8-7-17(3)21(18,19)14-10-15-16-12(14)2/h4-6,9-10H,7-8H2,1-3H3,(H,15,16). The molecule has 114 valence electrons. The predicted octanol–water partition coefficient (Wildman–Crippen LogP) is 1.73. The SMILES string of the molecule is Cc1cccc(OCCN(C)S(=O)(=O)c2cn[nH]c2C)c1. The molecule has 0 spiro atoms. The van der Waals surface area contributed by atoms with Crippen LogP contribution in [0.2, 0.25) is 0 Å². The van der Waals surface area contributed by atoms with Gasteiger partial charge in [0.1, 0.15) is 17.3 Å². The second-order valence-corrected chi connectivity index (χ2v) is 6.86. The van der Waals surface area contributed by atoms with E-state index in [1.165, 1.54) is 17.5 Å². The van der Waals surface area contributed by atoms with Crippen LogP contribution in [0.25, 0.3) is 0 Å². The summed E-state index contributed by atoms with van der Waals surface area (Å²) in [5.41, 5.74) is 1.63. The average molecular weight is 309 g/mol. The van der Waals surface area contributed by atoms with E-state index in [9.17, 15) is 8.42 Å². The van der Waals surface area contributed by atoms with Gasteiger partial charge in [0.25, 0.3) is 0 Å². The smallest absolute Gasteiger partial charge is 0.246 e. The first-order chi connectivity index (χ1) is 9.91. The van der Waals surface area contributed by atoms with Crippen LogP contribution < -0.4 is 4.74 Å². The molecule has 0 bridgehead atoms. The van der Waals surface area contributed by atoms with Crippen molar-refractivity contribution in [1.82, 2.24) is 14.5 Å². The third-order valence-corrected chi connectivity index (χ3v) is 5.11. The first kappa shape index (κ1) is 15.5. The van der Waals surface area contributed by atoms with Crippen LogP contribution in [0, 0.1) is 13.8 Å². The molecule has 6 nitrogen and oxygen atoms in total. The van der Waals surface area contributed by atoms with Crippen molar-refractivity contribution in [3.8, 4) is 5.75 Å². The maximum absolute atomic E-state index is 12.3. The summed E-state index contributed by atoms with van der Waals surface area (Å²) >= 11 is 0. The number of aromatic amines is 1. The first-order valence-electron chi connectivity index (χ1n) is 6.57. The number of likely N-dealkylation sites (N-methyl/N-ethyl adjacent to an activating group) is 1. The minimum atomic E-state index is -3.53. The largest absolute Gasteiger partial charge is 0.492 e. The number of rotatable bonds is 6. The second-order valence-electron chi connectivity index (χ2n) is 4.85. The molecule has 1 aromatic carbocycles. The number of ether oxygens (including phenoxy) is 1. The van der Waals surface area contributed by atoms with Gasteiger partial charge in [-0.15, -0.1) is 0 Å². The summed E-state index contributed by atoms with van der Waals surface area (Å²) in [6.45, 7) is 4.21. The molecule has 0 unspecified atom stereocenters. The number of nitrogens with one attached hydrogen (secondary N) is 1. The van der Waals surface area contributed by atoms with Gasteiger partial charge in [-0.05, 0) is 31.5 Å². The number of aryl methyl sites for hydroxylation is 2. The van der Waals surface area contributed by atoms with E-state index in [0.717, 1.165) is 11.3 Å². The van der Waals surface area contributed by atoms with E-state index >= 15 is 0 Å². The highest BCUT2D eigenvalue weighted by molar-refractivity contribution is 7.89. The van der Waals surface area contributed by atoms with Crippen LogP contribution in [-0.4, -0.2) is 43.1 Å². The van der Waals surface area contributed by atoms with Gasteiger partial charge >= 0.3 is 0 Å². The second kappa shape index (κ2) is 6.28. The van der Waals surface area contributed by atoms with E-state index < -0.39 is 10.0 Å². The Bertz CT molecular complexity index is 710. The van der Waals surface area contributed by atoms with Crippen molar-refractivity contribution in [2.24, 2.45) is 0 Å². The molecule has 0 saturated heterocycles. The molecule has 0 radical (unpaired) electrons. The molecule has 0 atom stereocenters. The van der Waals surface area contributed by atoms with Crippen LogP contribution in [0.4, 0.5) is 0 Å². The number of hydrogen-bond donors (Lipinski definition) is 1. The zero-order chi connectivity index (χ0) is 15.5. The quantitative estimate of drug-likeness (QED) is 0.881. The molecule has 7 heteroatoms. The summed E-state index contributed by atoms with van der Waals surface area (Å²) < 4.78 is 31.5. The van der Waals surface area contributed by atoms with Crippen molar-refractivity contribution in [3.05, 3.63) is 41.7 Å². The van der Waals surface area contributed by atoms with Crippen LogP contribution in [-0.2, 0) is 10.0 Å². The molecule has 0 saturated carbocycles. The number of benzene rings is 1. The topological polar surface area (TPSA) is 75.3 Å². The van der Waals surface area contributed by atoms with Gasteiger partial charge in [0.2, 0.25) is 10.0 Å². The van der Waals surface area contributed by atoms with Crippen molar-refractivity contribution in [1.29, 1.82) is 0 Å². The van der Waals surface area contributed by atoms with Crippen molar-refractivity contribution in [2.75, 3.05) is 20.2 Å². The predicted molar refractivity (Wildman–Crippen MR) is 79.8 cm³/mol. The number of hydrogen-bond acceptors (Lipinski definition) is 4. The molecular weight excluding hydrogens is 290 g/mol. The molecule has 0 amide bonds.